The van der Waals surface area contributed by atoms with Crippen molar-refractivity contribution in [2.24, 2.45) is 5.92 Å². The van der Waals surface area contributed by atoms with Crippen molar-refractivity contribution < 1.29 is 9.53 Å². The molecule has 0 saturated carbocycles. The predicted octanol–water partition coefficient (Wildman–Crippen LogP) is 3.21. The molecule has 1 fully saturated rings. The number of benzene rings is 1. The van der Waals surface area contributed by atoms with Crippen LogP contribution in [0.25, 0.3) is 0 Å². The van der Waals surface area contributed by atoms with Crippen molar-refractivity contribution in [3.63, 3.8) is 0 Å². The summed E-state index contributed by atoms with van der Waals surface area (Å²) in [5.41, 5.74) is 1.03. The summed E-state index contributed by atoms with van der Waals surface area (Å²) >= 11 is 6.06. The molecule has 110 valence electrons. The molecule has 0 bridgehead atoms. The number of amides is 1. The summed E-state index contributed by atoms with van der Waals surface area (Å²) in [5, 5.41) is 3.71. The zero-order valence-corrected chi connectivity index (χ0v) is 12.5. The molecule has 20 heavy (non-hydrogen) atoms. The van der Waals surface area contributed by atoms with Gasteiger partial charge in [0.05, 0.1) is 0 Å². The third kappa shape index (κ3) is 5.14. The number of halogens is 1. The highest BCUT2D eigenvalue weighted by Gasteiger charge is 2.14. The topological polar surface area (TPSA) is 38.3 Å². The van der Waals surface area contributed by atoms with Crippen molar-refractivity contribution >= 4 is 17.5 Å². The molecule has 1 aliphatic heterocycles. The molecule has 1 heterocycles. The summed E-state index contributed by atoms with van der Waals surface area (Å²) < 4.78 is 5.33. The van der Waals surface area contributed by atoms with Gasteiger partial charge in [0, 0.05) is 31.2 Å². The molecule has 1 saturated heterocycles. The SMILES string of the molecule is O=C(CCc1ccccc1Cl)NCCC[C@@H]1CCOC1. The molecule has 0 radical (unpaired) electrons. The Labute approximate surface area is 125 Å². The van der Waals surface area contributed by atoms with Crippen molar-refractivity contribution in [1.82, 2.24) is 5.32 Å². The number of carbonyl (C=O) groups excluding carboxylic acids is 1. The number of carbonyl (C=O) groups is 1. The maximum atomic E-state index is 11.7. The smallest absolute Gasteiger partial charge is 0.220 e. The third-order valence-electron chi connectivity index (χ3n) is 3.71. The molecule has 1 atom stereocenters. The van der Waals surface area contributed by atoms with Crippen LogP contribution in [0.2, 0.25) is 5.02 Å². The van der Waals surface area contributed by atoms with Crippen molar-refractivity contribution in [2.45, 2.75) is 32.1 Å². The maximum absolute atomic E-state index is 11.7. The lowest BCUT2D eigenvalue weighted by Crippen LogP contribution is -2.25. The molecule has 1 N–H and O–H groups in total. The van der Waals surface area contributed by atoms with Gasteiger partial charge in [-0.15, -0.1) is 0 Å². The monoisotopic (exact) mass is 295 g/mol. The van der Waals surface area contributed by atoms with Crippen LogP contribution >= 0.6 is 11.6 Å². The highest BCUT2D eigenvalue weighted by molar-refractivity contribution is 6.31. The zero-order valence-electron chi connectivity index (χ0n) is 11.7. The van der Waals surface area contributed by atoms with E-state index in [1.807, 2.05) is 24.3 Å². The van der Waals surface area contributed by atoms with E-state index in [1.165, 1.54) is 6.42 Å². The summed E-state index contributed by atoms with van der Waals surface area (Å²) in [6.45, 7) is 2.55. The van der Waals surface area contributed by atoms with Gasteiger partial charge < -0.3 is 10.1 Å². The van der Waals surface area contributed by atoms with Crippen LogP contribution in [0.15, 0.2) is 24.3 Å². The van der Waals surface area contributed by atoms with E-state index in [9.17, 15) is 4.79 Å². The van der Waals surface area contributed by atoms with Crippen LogP contribution in [-0.2, 0) is 16.0 Å². The van der Waals surface area contributed by atoms with E-state index < -0.39 is 0 Å². The highest BCUT2D eigenvalue weighted by Crippen LogP contribution is 2.18. The largest absolute Gasteiger partial charge is 0.381 e. The number of nitrogens with one attached hydrogen (secondary N) is 1. The van der Waals surface area contributed by atoms with Gasteiger partial charge in [0.1, 0.15) is 0 Å². The summed E-state index contributed by atoms with van der Waals surface area (Å²) in [7, 11) is 0. The van der Waals surface area contributed by atoms with Crippen molar-refractivity contribution in [3.05, 3.63) is 34.9 Å². The minimum absolute atomic E-state index is 0.104. The van der Waals surface area contributed by atoms with Crippen molar-refractivity contribution in [2.75, 3.05) is 19.8 Å². The number of aryl methyl sites for hydroxylation is 1. The Morgan fingerprint density at radius 3 is 3.00 bits per heavy atom. The van der Waals surface area contributed by atoms with E-state index in [-0.39, 0.29) is 5.91 Å². The fraction of sp³-hybridized carbons (Fsp3) is 0.562. The van der Waals surface area contributed by atoms with E-state index in [0.717, 1.165) is 43.2 Å². The van der Waals surface area contributed by atoms with Gasteiger partial charge >= 0.3 is 0 Å². The lowest BCUT2D eigenvalue weighted by atomic mass is 10.0. The number of hydrogen-bond donors (Lipinski definition) is 1. The normalized spacial score (nSPS) is 18.1. The first-order valence-electron chi connectivity index (χ1n) is 7.33. The Morgan fingerprint density at radius 2 is 2.25 bits per heavy atom. The molecule has 0 aromatic heterocycles. The Morgan fingerprint density at radius 1 is 1.40 bits per heavy atom. The lowest BCUT2D eigenvalue weighted by Gasteiger charge is -2.08. The van der Waals surface area contributed by atoms with Crippen LogP contribution in [-0.4, -0.2) is 25.7 Å². The lowest BCUT2D eigenvalue weighted by molar-refractivity contribution is -0.121. The Hall–Kier alpha value is -1.06. The van der Waals surface area contributed by atoms with Gasteiger partial charge in [-0.25, -0.2) is 0 Å². The van der Waals surface area contributed by atoms with Gasteiger partial charge in [-0.3, -0.25) is 4.79 Å². The molecule has 0 aliphatic carbocycles. The molecule has 0 unspecified atom stereocenters. The number of ether oxygens (including phenoxy) is 1. The van der Waals surface area contributed by atoms with E-state index in [4.69, 9.17) is 16.3 Å². The zero-order chi connectivity index (χ0) is 14.2. The molecule has 3 nitrogen and oxygen atoms in total. The fourth-order valence-electron chi connectivity index (χ4n) is 2.47. The van der Waals surface area contributed by atoms with Crippen LogP contribution < -0.4 is 5.32 Å². The standard InChI is InChI=1S/C16H22ClNO2/c17-15-6-2-1-5-14(15)7-8-16(19)18-10-3-4-13-9-11-20-12-13/h1-2,5-6,13H,3-4,7-12H2,(H,18,19)/t13-/m1/s1. The summed E-state index contributed by atoms with van der Waals surface area (Å²) in [5.74, 6) is 0.794. The van der Waals surface area contributed by atoms with Gasteiger partial charge in [0.15, 0.2) is 0 Å². The minimum atomic E-state index is 0.104. The molecule has 0 spiro atoms. The van der Waals surface area contributed by atoms with Crippen LogP contribution in [0.3, 0.4) is 0 Å². The molecule has 2 rings (SSSR count). The molecule has 1 aromatic carbocycles. The molecule has 1 aliphatic rings. The summed E-state index contributed by atoms with van der Waals surface area (Å²) in [6, 6.07) is 7.68. The van der Waals surface area contributed by atoms with Crippen LogP contribution in [0.4, 0.5) is 0 Å². The van der Waals surface area contributed by atoms with Crippen LogP contribution in [0.5, 0.6) is 0 Å². The predicted molar refractivity (Wildman–Crippen MR) is 80.9 cm³/mol. The van der Waals surface area contributed by atoms with E-state index in [0.29, 0.717) is 18.8 Å². The number of rotatable bonds is 7. The van der Waals surface area contributed by atoms with Gasteiger partial charge in [-0.2, -0.15) is 0 Å². The quantitative estimate of drug-likeness (QED) is 0.785. The minimum Gasteiger partial charge on any atom is -0.381 e. The van der Waals surface area contributed by atoms with Crippen LogP contribution in [0.1, 0.15) is 31.2 Å². The number of hydrogen-bond acceptors (Lipinski definition) is 2. The molecular formula is C16H22ClNO2. The van der Waals surface area contributed by atoms with Gasteiger partial charge in [0.25, 0.3) is 0 Å². The van der Waals surface area contributed by atoms with Gasteiger partial charge in [0.2, 0.25) is 5.91 Å². The van der Waals surface area contributed by atoms with Gasteiger partial charge in [-0.05, 0) is 43.2 Å². The first kappa shape index (κ1) is 15.3. The van der Waals surface area contributed by atoms with E-state index in [2.05, 4.69) is 5.32 Å². The molecule has 1 aromatic rings. The van der Waals surface area contributed by atoms with Crippen molar-refractivity contribution in [3.8, 4) is 0 Å². The van der Waals surface area contributed by atoms with E-state index >= 15 is 0 Å². The fourth-order valence-corrected chi connectivity index (χ4v) is 2.70. The molecule has 4 heteroatoms. The summed E-state index contributed by atoms with van der Waals surface area (Å²) in [4.78, 5) is 11.7. The molecule has 1 amide bonds. The van der Waals surface area contributed by atoms with Crippen LogP contribution in [0, 0.1) is 5.92 Å². The third-order valence-corrected chi connectivity index (χ3v) is 4.08. The first-order valence-corrected chi connectivity index (χ1v) is 7.71. The second-order valence-corrected chi connectivity index (χ2v) is 5.72. The maximum Gasteiger partial charge on any atom is 0.220 e. The van der Waals surface area contributed by atoms with Gasteiger partial charge in [-0.1, -0.05) is 29.8 Å². The Balaban J connectivity index is 1.57. The molecular weight excluding hydrogens is 274 g/mol. The summed E-state index contributed by atoms with van der Waals surface area (Å²) in [6.07, 6.45) is 4.54. The average molecular weight is 296 g/mol. The Bertz CT molecular complexity index is 430. The Kier molecular flexibility index (Phi) is 6.34. The first-order chi connectivity index (χ1) is 9.75. The van der Waals surface area contributed by atoms with E-state index in [1.54, 1.807) is 0 Å². The highest BCUT2D eigenvalue weighted by atomic mass is 35.5. The second-order valence-electron chi connectivity index (χ2n) is 5.31. The van der Waals surface area contributed by atoms with Crippen molar-refractivity contribution in [1.29, 1.82) is 0 Å². The average Bonchev–Trinajstić information content (AvgIpc) is 2.96. The second kappa shape index (κ2) is 8.28.